The average molecular weight is 349 g/mol. The number of carbonyl (C=O) groups excluding carboxylic acids is 1. The van der Waals surface area contributed by atoms with Gasteiger partial charge in [-0.1, -0.05) is 0 Å². The molecule has 0 aliphatic heterocycles. The summed E-state index contributed by atoms with van der Waals surface area (Å²) in [4.78, 5) is 15.1. The van der Waals surface area contributed by atoms with Crippen molar-refractivity contribution in [2.45, 2.75) is 19.1 Å². The summed E-state index contributed by atoms with van der Waals surface area (Å²) < 4.78 is 39.7. The number of urea groups is 1. The molecule has 0 bridgehead atoms. The lowest BCUT2D eigenvalue weighted by Crippen LogP contribution is -2.39. The Hall–Kier alpha value is -1.57. The second-order valence-corrected chi connectivity index (χ2v) is 6.38. The lowest BCUT2D eigenvalue weighted by Gasteiger charge is -2.26. The molecule has 0 radical (unpaired) electrons. The molecule has 0 aliphatic carbocycles. The molecule has 1 N–H and O–H groups in total. The summed E-state index contributed by atoms with van der Waals surface area (Å²) in [5, 5.41) is 2.36. The van der Waals surface area contributed by atoms with E-state index >= 15 is 0 Å². The molecular weight excluding hydrogens is 327 g/mol. The monoisotopic (exact) mass is 349 g/mol. The minimum atomic E-state index is -4.54. The van der Waals surface area contributed by atoms with Crippen LogP contribution in [0.1, 0.15) is 12.5 Å². The third kappa shape index (κ3) is 5.23. The average Bonchev–Trinajstić information content (AvgIpc) is 2.45. The number of hydrogen-bond donors (Lipinski definition) is 1. The van der Waals surface area contributed by atoms with Crippen LogP contribution in [0.25, 0.3) is 0 Å². The first-order valence-electron chi connectivity index (χ1n) is 6.99. The zero-order chi connectivity index (χ0) is 17.8. The highest BCUT2D eigenvalue weighted by Gasteiger charge is 2.34. The van der Waals surface area contributed by atoms with Crippen molar-refractivity contribution in [2.24, 2.45) is 0 Å². The van der Waals surface area contributed by atoms with Gasteiger partial charge in [0.05, 0.1) is 11.3 Å². The summed E-state index contributed by atoms with van der Waals surface area (Å²) in [6.45, 7) is 1.84. The van der Waals surface area contributed by atoms with E-state index in [0.717, 1.165) is 6.07 Å². The molecule has 130 valence electrons. The molecule has 1 rings (SSSR count). The number of thioether (sulfide) groups is 1. The molecule has 0 saturated heterocycles. The summed E-state index contributed by atoms with van der Waals surface area (Å²) in [7, 11) is 4.88. The lowest BCUT2D eigenvalue weighted by molar-refractivity contribution is -0.136. The first-order chi connectivity index (χ1) is 10.6. The van der Waals surface area contributed by atoms with Gasteiger partial charge in [-0.15, -0.1) is 0 Å². The maximum atomic E-state index is 13.2. The van der Waals surface area contributed by atoms with Crippen molar-refractivity contribution < 1.29 is 18.0 Å². The number of anilines is 2. The Bertz CT molecular complexity index is 549. The maximum absolute atomic E-state index is 13.2. The first-order valence-corrected chi connectivity index (χ1v) is 8.38. The highest BCUT2D eigenvalue weighted by Crippen LogP contribution is 2.37. The molecule has 0 saturated carbocycles. The van der Waals surface area contributed by atoms with Crippen molar-refractivity contribution in [3.63, 3.8) is 0 Å². The van der Waals surface area contributed by atoms with Crippen LogP contribution in [0.15, 0.2) is 18.2 Å². The van der Waals surface area contributed by atoms with Gasteiger partial charge in [0, 0.05) is 38.6 Å². The van der Waals surface area contributed by atoms with E-state index in [9.17, 15) is 18.0 Å². The Morgan fingerprint density at radius 2 is 1.91 bits per heavy atom. The van der Waals surface area contributed by atoms with E-state index in [-0.39, 0.29) is 11.7 Å². The quantitative estimate of drug-likeness (QED) is 0.873. The molecule has 0 fully saturated rings. The molecule has 8 heteroatoms. The Balaban J connectivity index is 3.06. The number of hydrogen-bond acceptors (Lipinski definition) is 3. The molecule has 2 amide bonds. The van der Waals surface area contributed by atoms with Gasteiger partial charge in [-0.05, 0) is 31.4 Å². The van der Waals surface area contributed by atoms with Crippen LogP contribution in [-0.4, -0.2) is 50.1 Å². The fourth-order valence-corrected chi connectivity index (χ4v) is 2.62. The number of rotatable bonds is 5. The van der Waals surface area contributed by atoms with Crippen molar-refractivity contribution in [1.29, 1.82) is 0 Å². The number of halogens is 3. The first kappa shape index (κ1) is 19.5. The molecule has 0 aromatic heterocycles. The van der Waals surface area contributed by atoms with Gasteiger partial charge in [-0.25, -0.2) is 4.79 Å². The smallest absolute Gasteiger partial charge is 0.378 e. The number of benzene rings is 1. The number of amides is 2. The van der Waals surface area contributed by atoms with Gasteiger partial charge in [0.25, 0.3) is 0 Å². The molecule has 0 spiro atoms. The standard InChI is InChI=1S/C15H22F3N3OS/c1-10(9-23-5)21(4)14(22)19-13-7-6-11(20(2)3)8-12(13)15(16,17)18/h6-8,10H,9H2,1-5H3,(H,19,22)/t10-/m0/s1. The van der Waals surface area contributed by atoms with Crippen molar-refractivity contribution in [1.82, 2.24) is 4.90 Å². The topological polar surface area (TPSA) is 35.6 Å². The van der Waals surface area contributed by atoms with Crippen LogP contribution in [0, 0.1) is 0 Å². The minimum Gasteiger partial charge on any atom is -0.378 e. The molecule has 0 aliphatic rings. The predicted molar refractivity (Wildman–Crippen MR) is 90.4 cm³/mol. The Morgan fingerprint density at radius 3 is 2.39 bits per heavy atom. The van der Waals surface area contributed by atoms with Crippen LogP contribution in [0.2, 0.25) is 0 Å². The third-order valence-electron chi connectivity index (χ3n) is 3.46. The van der Waals surface area contributed by atoms with E-state index in [1.165, 1.54) is 17.0 Å². The molecule has 1 aromatic rings. The van der Waals surface area contributed by atoms with Crippen molar-refractivity contribution in [3.8, 4) is 0 Å². The zero-order valence-electron chi connectivity index (χ0n) is 13.9. The highest BCUT2D eigenvalue weighted by atomic mass is 32.2. The minimum absolute atomic E-state index is 0.0830. The van der Waals surface area contributed by atoms with Crippen LogP contribution in [0.3, 0.4) is 0 Å². The Kier molecular flexibility index (Phi) is 6.61. The van der Waals surface area contributed by atoms with Gasteiger partial charge >= 0.3 is 12.2 Å². The van der Waals surface area contributed by atoms with Crippen LogP contribution >= 0.6 is 11.8 Å². The third-order valence-corrected chi connectivity index (χ3v) is 4.27. The van der Waals surface area contributed by atoms with E-state index in [0.29, 0.717) is 11.4 Å². The Labute approximate surface area is 139 Å². The summed E-state index contributed by atoms with van der Waals surface area (Å²) in [5.41, 5.74) is -0.682. The number of alkyl halides is 3. The normalized spacial score (nSPS) is 12.7. The number of carbonyl (C=O) groups is 1. The largest absolute Gasteiger partial charge is 0.418 e. The fraction of sp³-hybridized carbons (Fsp3) is 0.533. The fourth-order valence-electron chi connectivity index (χ4n) is 1.91. The molecule has 0 unspecified atom stereocenters. The van der Waals surface area contributed by atoms with Gasteiger partial charge < -0.3 is 15.1 Å². The van der Waals surface area contributed by atoms with Crippen LogP contribution in [0.5, 0.6) is 0 Å². The number of nitrogens with zero attached hydrogens (tertiary/aromatic N) is 2. The molecule has 1 aromatic carbocycles. The van der Waals surface area contributed by atoms with Crippen LogP contribution in [-0.2, 0) is 6.18 Å². The highest BCUT2D eigenvalue weighted by molar-refractivity contribution is 7.98. The van der Waals surface area contributed by atoms with E-state index in [4.69, 9.17) is 0 Å². The number of nitrogens with one attached hydrogen (secondary N) is 1. The molecule has 4 nitrogen and oxygen atoms in total. The molecule has 1 atom stereocenters. The zero-order valence-corrected chi connectivity index (χ0v) is 14.7. The van der Waals surface area contributed by atoms with Gasteiger partial charge in [0.2, 0.25) is 0 Å². The van der Waals surface area contributed by atoms with Crippen LogP contribution in [0.4, 0.5) is 29.3 Å². The maximum Gasteiger partial charge on any atom is 0.418 e. The van der Waals surface area contributed by atoms with E-state index in [2.05, 4.69) is 5.32 Å². The van der Waals surface area contributed by atoms with E-state index < -0.39 is 17.8 Å². The summed E-state index contributed by atoms with van der Waals surface area (Å²) in [6, 6.07) is 3.20. The lowest BCUT2D eigenvalue weighted by atomic mass is 10.1. The molecule has 0 heterocycles. The second-order valence-electron chi connectivity index (χ2n) is 5.47. The van der Waals surface area contributed by atoms with Crippen molar-refractivity contribution in [3.05, 3.63) is 23.8 Å². The second kappa shape index (κ2) is 7.81. The van der Waals surface area contributed by atoms with Gasteiger partial charge in [0.1, 0.15) is 0 Å². The summed E-state index contributed by atoms with van der Waals surface area (Å²) in [6.07, 6.45) is -2.64. The Morgan fingerprint density at radius 1 is 1.30 bits per heavy atom. The SMILES string of the molecule is CSC[C@H](C)N(C)C(=O)Nc1ccc(N(C)C)cc1C(F)(F)F. The van der Waals surface area contributed by atoms with Gasteiger partial charge in [-0.2, -0.15) is 24.9 Å². The van der Waals surface area contributed by atoms with Gasteiger partial charge in [0.15, 0.2) is 0 Å². The van der Waals surface area contributed by atoms with Crippen molar-refractivity contribution >= 4 is 29.2 Å². The molecule has 23 heavy (non-hydrogen) atoms. The molecular formula is C15H22F3N3OS. The van der Waals surface area contributed by atoms with E-state index in [1.807, 2.05) is 13.2 Å². The van der Waals surface area contributed by atoms with Crippen LogP contribution < -0.4 is 10.2 Å². The van der Waals surface area contributed by atoms with E-state index in [1.54, 1.807) is 37.8 Å². The summed E-state index contributed by atoms with van der Waals surface area (Å²) in [5.74, 6) is 0.704. The predicted octanol–water partition coefficient (Wildman–Crippen LogP) is 3.99. The van der Waals surface area contributed by atoms with Gasteiger partial charge in [-0.3, -0.25) is 0 Å². The summed E-state index contributed by atoms with van der Waals surface area (Å²) >= 11 is 1.57. The van der Waals surface area contributed by atoms with Crippen molar-refractivity contribution in [2.75, 3.05) is 43.4 Å².